The first-order valence-corrected chi connectivity index (χ1v) is 11.3. The topological polar surface area (TPSA) is 75.9 Å². The highest BCUT2D eigenvalue weighted by atomic mass is 16.5. The van der Waals surface area contributed by atoms with Crippen LogP contribution in [0.15, 0.2) is 48.8 Å². The lowest BCUT2D eigenvalue weighted by atomic mass is 10.0. The molecule has 1 aliphatic heterocycles. The van der Waals surface area contributed by atoms with Gasteiger partial charge in [0.1, 0.15) is 18.0 Å². The van der Waals surface area contributed by atoms with E-state index in [0.717, 1.165) is 42.6 Å². The molecule has 1 N–H and O–H groups in total. The number of rotatable bonds is 6. The van der Waals surface area contributed by atoms with Gasteiger partial charge in [-0.25, -0.2) is 4.98 Å². The van der Waals surface area contributed by atoms with Crippen LogP contribution < -0.4 is 10.1 Å². The highest BCUT2D eigenvalue weighted by Crippen LogP contribution is 2.29. The molecule has 0 radical (unpaired) electrons. The van der Waals surface area contributed by atoms with Gasteiger partial charge in [-0.2, -0.15) is 0 Å². The number of aromatic nitrogens is 2. The van der Waals surface area contributed by atoms with Crippen molar-refractivity contribution in [3.63, 3.8) is 0 Å². The molecule has 166 valence electrons. The van der Waals surface area contributed by atoms with Gasteiger partial charge in [0, 0.05) is 37.4 Å². The summed E-state index contributed by atoms with van der Waals surface area (Å²) >= 11 is 0. The van der Waals surface area contributed by atoms with Crippen molar-refractivity contribution < 1.29 is 14.3 Å². The largest absolute Gasteiger partial charge is 0.486 e. The molecule has 2 amide bonds. The Morgan fingerprint density at radius 3 is 2.62 bits per heavy atom. The summed E-state index contributed by atoms with van der Waals surface area (Å²) in [6, 6.07) is 11.6. The number of nitrogens with zero attached hydrogens (tertiary/aromatic N) is 3. The average Bonchev–Trinajstić information content (AvgIpc) is 3.58. The minimum absolute atomic E-state index is 0.0292. The summed E-state index contributed by atoms with van der Waals surface area (Å²) in [4.78, 5) is 31.7. The molecule has 7 heteroatoms. The maximum absolute atomic E-state index is 13.2. The SMILES string of the molecule is Cc1cccn2cc(COc3ccccc3C(=O)N3CCC(NC(=O)C4CC4)CC3)nc12. The van der Waals surface area contributed by atoms with Gasteiger partial charge in [-0.1, -0.05) is 18.2 Å². The second-order valence-corrected chi connectivity index (χ2v) is 8.79. The van der Waals surface area contributed by atoms with Gasteiger partial charge in [0.2, 0.25) is 5.91 Å². The number of imidazole rings is 1. The third-order valence-electron chi connectivity index (χ3n) is 6.30. The van der Waals surface area contributed by atoms with E-state index in [2.05, 4.69) is 10.3 Å². The number of hydrogen-bond acceptors (Lipinski definition) is 4. The molecular formula is C25H28N4O3. The molecule has 1 saturated carbocycles. The van der Waals surface area contributed by atoms with Crippen LogP contribution in [-0.2, 0) is 11.4 Å². The number of pyridine rings is 1. The van der Waals surface area contributed by atoms with Crippen LogP contribution in [0, 0.1) is 12.8 Å². The third kappa shape index (κ3) is 4.33. The number of fused-ring (bicyclic) bond motifs is 1. The van der Waals surface area contributed by atoms with Crippen molar-refractivity contribution >= 4 is 17.5 Å². The van der Waals surface area contributed by atoms with E-state index in [-0.39, 0.29) is 23.8 Å². The minimum atomic E-state index is -0.0292. The second kappa shape index (κ2) is 8.65. The number of carbonyl (C=O) groups is 2. The zero-order valence-corrected chi connectivity index (χ0v) is 18.3. The Bertz CT molecular complexity index is 1140. The van der Waals surface area contributed by atoms with E-state index >= 15 is 0 Å². The number of carbonyl (C=O) groups excluding carboxylic acids is 2. The van der Waals surface area contributed by atoms with Crippen LogP contribution in [0.3, 0.4) is 0 Å². The quantitative estimate of drug-likeness (QED) is 0.648. The van der Waals surface area contributed by atoms with Crippen molar-refractivity contribution in [2.45, 2.75) is 45.3 Å². The smallest absolute Gasteiger partial charge is 0.257 e. The van der Waals surface area contributed by atoms with Crippen LogP contribution in [0.2, 0.25) is 0 Å². The third-order valence-corrected chi connectivity index (χ3v) is 6.30. The predicted octanol–water partition coefficient (Wildman–Crippen LogP) is 3.35. The number of piperidine rings is 1. The molecule has 0 atom stereocenters. The van der Waals surface area contributed by atoms with Crippen LogP contribution in [0.1, 0.15) is 47.3 Å². The standard InChI is InChI=1S/C25H28N4O3/c1-17-5-4-12-29-15-20(26-23(17)29)16-32-22-7-3-2-6-21(22)25(31)28-13-10-19(11-14-28)27-24(30)18-8-9-18/h2-7,12,15,18-19H,8-11,13-14,16H2,1H3,(H,27,30). The Morgan fingerprint density at radius 1 is 1.09 bits per heavy atom. The first-order valence-electron chi connectivity index (χ1n) is 11.3. The van der Waals surface area contributed by atoms with Crippen LogP contribution >= 0.6 is 0 Å². The molecule has 2 fully saturated rings. The van der Waals surface area contributed by atoms with Gasteiger partial charge < -0.3 is 19.4 Å². The summed E-state index contributed by atoms with van der Waals surface area (Å²) in [5.74, 6) is 0.931. The van der Waals surface area contributed by atoms with Crippen molar-refractivity contribution in [1.29, 1.82) is 0 Å². The number of benzene rings is 1. The predicted molar refractivity (Wildman–Crippen MR) is 120 cm³/mol. The van der Waals surface area contributed by atoms with E-state index in [9.17, 15) is 9.59 Å². The fourth-order valence-electron chi connectivity index (χ4n) is 4.26. The van der Waals surface area contributed by atoms with Gasteiger partial charge in [-0.3, -0.25) is 9.59 Å². The van der Waals surface area contributed by atoms with Crippen LogP contribution in [0.25, 0.3) is 5.65 Å². The monoisotopic (exact) mass is 432 g/mol. The molecule has 1 aliphatic carbocycles. The van der Waals surface area contributed by atoms with Crippen LogP contribution in [-0.4, -0.2) is 45.2 Å². The fraction of sp³-hybridized carbons (Fsp3) is 0.400. The first-order chi connectivity index (χ1) is 15.6. The molecule has 0 bridgehead atoms. The number of aryl methyl sites for hydroxylation is 1. The number of hydrogen-bond donors (Lipinski definition) is 1. The van der Waals surface area contributed by atoms with Gasteiger partial charge in [0.15, 0.2) is 0 Å². The van der Waals surface area contributed by atoms with E-state index in [1.165, 1.54) is 0 Å². The zero-order valence-electron chi connectivity index (χ0n) is 18.3. The number of ether oxygens (including phenoxy) is 1. The first kappa shape index (κ1) is 20.5. The number of likely N-dealkylation sites (tertiary alicyclic amines) is 1. The van der Waals surface area contributed by atoms with E-state index in [1.807, 2.05) is 65.0 Å². The number of nitrogens with one attached hydrogen (secondary N) is 1. The van der Waals surface area contributed by atoms with Gasteiger partial charge in [0.25, 0.3) is 5.91 Å². The van der Waals surface area contributed by atoms with E-state index in [0.29, 0.717) is 31.0 Å². The van der Waals surface area contributed by atoms with Gasteiger partial charge in [-0.15, -0.1) is 0 Å². The van der Waals surface area contributed by atoms with E-state index in [4.69, 9.17) is 4.74 Å². The lowest BCUT2D eigenvalue weighted by Gasteiger charge is -2.32. The number of para-hydroxylation sites is 1. The molecule has 32 heavy (non-hydrogen) atoms. The molecule has 5 rings (SSSR count). The van der Waals surface area contributed by atoms with Crippen LogP contribution in [0.4, 0.5) is 0 Å². The molecule has 3 aromatic rings. The highest BCUT2D eigenvalue weighted by molar-refractivity contribution is 5.97. The molecule has 3 heterocycles. The highest BCUT2D eigenvalue weighted by Gasteiger charge is 2.32. The Labute approximate surface area is 187 Å². The summed E-state index contributed by atoms with van der Waals surface area (Å²) in [7, 11) is 0. The van der Waals surface area contributed by atoms with Crippen molar-refractivity contribution in [3.8, 4) is 5.75 Å². The lowest BCUT2D eigenvalue weighted by molar-refractivity contribution is -0.123. The Hall–Kier alpha value is -3.35. The molecule has 1 saturated heterocycles. The molecule has 7 nitrogen and oxygen atoms in total. The van der Waals surface area contributed by atoms with E-state index < -0.39 is 0 Å². The van der Waals surface area contributed by atoms with Crippen molar-refractivity contribution in [3.05, 3.63) is 65.6 Å². The van der Waals surface area contributed by atoms with E-state index in [1.54, 1.807) is 0 Å². The van der Waals surface area contributed by atoms with Gasteiger partial charge in [0.05, 0.1) is 11.3 Å². The summed E-state index contributed by atoms with van der Waals surface area (Å²) in [5, 5.41) is 3.13. The maximum atomic E-state index is 13.2. The fourth-order valence-corrected chi connectivity index (χ4v) is 4.26. The zero-order chi connectivity index (χ0) is 22.1. The Balaban J connectivity index is 1.22. The Morgan fingerprint density at radius 2 is 1.88 bits per heavy atom. The van der Waals surface area contributed by atoms with Gasteiger partial charge in [-0.05, 0) is 56.4 Å². The maximum Gasteiger partial charge on any atom is 0.257 e. The molecule has 2 aliphatic rings. The molecule has 0 unspecified atom stereocenters. The van der Waals surface area contributed by atoms with Crippen molar-refractivity contribution in [1.82, 2.24) is 19.6 Å². The average molecular weight is 433 g/mol. The molecule has 2 aromatic heterocycles. The molecular weight excluding hydrogens is 404 g/mol. The summed E-state index contributed by atoms with van der Waals surface area (Å²) in [5.41, 5.74) is 3.39. The normalized spacial score (nSPS) is 16.8. The summed E-state index contributed by atoms with van der Waals surface area (Å²) < 4.78 is 8.01. The summed E-state index contributed by atoms with van der Waals surface area (Å²) in [6.07, 6.45) is 7.51. The van der Waals surface area contributed by atoms with Crippen molar-refractivity contribution in [2.75, 3.05) is 13.1 Å². The summed E-state index contributed by atoms with van der Waals surface area (Å²) in [6.45, 7) is 3.59. The van der Waals surface area contributed by atoms with Gasteiger partial charge >= 0.3 is 0 Å². The molecule has 1 aromatic carbocycles. The second-order valence-electron chi connectivity index (χ2n) is 8.79. The Kier molecular flexibility index (Phi) is 5.55. The molecule has 0 spiro atoms. The number of amides is 2. The minimum Gasteiger partial charge on any atom is -0.486 e. The van der Waals surface area contributed by atoms with Crippen LogP contribution in [0.5, 0.6) is 5.75 Å². The van der Waals surface area contributed by atoms with Crippen molar-refractivity contribution in [2.24, 2.45) is 5.92 Å². The lowest BCUT2D eigenvalue weighted by Crippen LogP contribution is -2.47.